The smallest absolute Gasteiger partial charge is 0.307 e. The van der Waals surface area contributed by atoms with Gasteiger partial charge in [-0.1, -0.05) is 0 Å². The summed E-state index contributed by atoms with van der Waals surface area (Å²) in [6.07, 6.45) is 3.94. The van der Waals surface area contributed by atoms with Gasteiger partial charge in [0.25, 0.3) is 0 Å². The summed E-state index contributed by atoms with van der Waals surface area (Å²) < 4.78 is 4.75. The third-order valence-electron chi connectivity index (χ3n) is 4.60. The molecular weight excluding hydrogens is 242 g/mol. The van der Waals surface area contributed by atoms with E-state index in [1.54, 1.807) is 0 Å². The van der Waals surface area contributed by atoms with E-state index >= 15 is 0 Å². The molecule has 0 aromatic heterocycles. The van der Waals surface area contributed by atoms with Crippen molar-refractivity contribution in [3.05, 3.63) is 0 Å². The summed E-state index contributed by atoms with van der Waals surface area (Å²) in [5, 5.41) is 0. The van der Waals surface area contributed by atoms with Crippen LogP contribution in [0.3, 0.4) is 0 Å². The molecule has 2 atom stereocenters. The number of likely N-dealkylation sites (tertiary alicyclic amines) is 2. The summed E-state index contributed by atoms with van der Waals surface area (Å²) in [6.45, 7) is 6.54. The second-order valence-electron chi connectivity index (χ2n) is 5.94. The van der Waals surface area contributed by atoms with Crippen molar-refractivity contribution in [3.8, 4) is 0 Å². The minimum absolute atomic E-state index is 0.111. The molecule has 0 radical (unpaired) electrons. The fourth-order valence-corrected chi connectivity index (χ4v) is 3.20. The molecular formula is C14H27N3O2. The van der Waals surface area contributed by atoms with E-state index in [-0.39, 0.29) is 12.0 Å². The molecule has 2 heterocycles. The molecule has 2 unspecified atom stereocenters. The number of carbonyl (C=O) groups is 1. The molecule has 2 saturated heterocycles. The molecule has 0 amide bonds. The summed E-state index contributed by atoms with van der Waals surface area (Å²) in [6, 6.07) is 1.32. The van der Waals surface area contributed by atoms with Gasteiger partial charge in [-0.3, -0.25) is 14.6 Å². The van der Waals surface area contributed by atoms with Crippen LogP contribution < -0.4 is 5.73 Å². The van der Waals surface area contributed by atoms with Gasteiger partial charge >= 0.3 is 5.97 Å². The second kappa shape index (κ2) is 6.68. The first-order valence-corrected chi connectivity index (χ1v) is 7.40. The summed E-state index contributed by atoms with van der Waals surface area (Å²) in [5.74, 6) is -0.111. The van der Waals surface area contributed by atoms with Crippen LogP contribution in [0.25, 0.3) is 0 Å². The zero-order chi connectivity index (χ0) is 13.8. The molecule has 0 saturated carbocycles. The molecule has 110 valence electrons. The van der Waals surface area contributed by atoms with Crippen LogP contribution in [-0.2, 0) is 9.53 Å². The van der Waals surface area contributed by atoms with Crippen molar-refractivity contribution in [2.45, 2.75) is 50.7 Å². The van der Waals surface area contributed by atoms with Gasteiger partial charge in [0.1, 0.15) is 0 Å². The Balaban J connectivity index is 1.77. The molecule has 2 rings (SSSR count). The maximum Gasteiger partial charge on any atom is 0.307 e. The fraction of sp³-hybridized carbons (Fsp3) is 0.929. The minimum atomic E-state index is -0.111. The van der Waals surface area contributed by atoms with Crippen molar-refractivity contribution in [2.24, 2.45) is 5.73 Å². The van der Waals surface area contributed by atoms with Crippen LogP contribution >= 0.6 is 0 Å². The summed E-state index contributed by atoms with van der Waals surface area (Å²) >= 11 is 0. The van der Waals surface area contributed by atoms with Crippen LogP contribution in [0.1, 0.15) is 32.6 Å². The van der Waals surface area contributed by atoms with Crippen molar-refractivity contribution in [1.82, 2.24) is 9.80 Å². The van der Waals surface area contributed by atoms with Crippen molar-refractivity contribution >= 4 is 5.97 Å². The number of nitrogens with two attached hydrogens (primary N) is 1. The lowest BCUT2D eigenvalue weighted by Gasteiger charge is -2.35. The Bertz CT molecular complexity index is 303. The highest BCUT2D eigenvalue weighted by atomic mass is 16.5. The molecule has 2 aliphatic heterocycles. The predicted octanol–water partition coefficient (Wildman–Crippen LogP) is 0.435. The largest absolute Gasteiger partial charge is 0.469 e. The SMILES string of the molecule is COC(=O)CC(C)N1CCC(N2CCC(N)CC2)C1. The van der Waals surface area contributed by atoms with Crippen molar-refractivity contribution in [1.29, 1.82) is 0 Å². The number of ether oxygens (including phenoxy) is 1. The van der Waals surface area contributed by atoms with Gasteiger partial charge in [0.05, 0.1) is 13.5 Å². The Hall–Kier alpha value is -0.650. The maximum absolute atomic E-state index is 11.3. The van der Waals surface area contributed by atoms with Crippen LogP contribution in [0.5, 0.6) is 0 Å². The van der Waals surface area contributed by atoms with Gasteiger partial charge in [-0.15, -0.1) is 0 Å². The Morgan fingerprint density at radius 3 is 2.63 bits per heavy atom. The minimum Gasteiger partial charge on any atom is -0.469 e. The number of nitrogens with zero attached hydrogens (tertiary/aromatic N) is 2. The van der Waals surface area contributed by atoms with Crippen molar-refractivity contribution in [3.63, 3.8) is 0 Å². The molecule has 2 aliphatic rings. The average molecular weight is 269 g/mol. The van der Waals surface area contributed by atoms with Crippen molar-refractivity contribution in [2.75, 3.05) is 33.3 Å². The summed E-state index contributed by atoms with van der Waals surface area (Å²) in [4.78, 5) is 16.3. The van der Waals surface area contributed by atoms with Crippen LogP contribution in [0, 0.1) is 0 Å². The number of methoxy groups -OCH3 is 1. The van der Waals surface area contributed by atoms with E-state index in [4.69, 9.17) is 10.5 Å². The van der Waals surface area contributed by atoms with E-state index in [9.17, 15) is 4.79 Å². The first-order valence-electron chi connectivity index (χ1n) is 7.40. The Kier molecular flexibility index (Phi) is 5.19. The lowest BCUT2D eigenvalue weighted by Crippen LogP contribution is -2.46. The molecule has 0 aromatic carbocycles. The summed E-state index contributed by atoms with van der Waals surface area (Å²) in [5.41, 5.74) is 5.95. The van der Waals surface area contributed by atoms with Crippen molar-refractivity contribution < 1.29 is 9.53 Å². The van der Waals surface area contributed by atoms with E-state index in [0.717, 1.165) is 39.0 Å². The van der Waals surface area contributed by atoms with E-state index < -0.39 is 0 Å². The quantitative estimate of drug-likeness (QED) is 0.750. The predicted molar refractivity (Wildman–Crippen MR) is 74.9 cm³/mol. The number of hydrogen-bond acceptors (Lipinski definition) is 5. The molecule has 19 heavy (non-hydrogen) atoms. The lowest BCUT2D eigenvalue weighted by molar-refractivity contribution is -0.141. The highest BCUT2D eigenvalue weighted by Gasteiger charge is 2.32. The first-order chi connectivity index (χ1) is 9.10. The topological polar surface area (TPSA) is 58.8 Å². The van der Waals surface area contributed by atoms with E-state index in [0.29, 0.717) is 18.5 Å². The monoisotopic (exact) mass is 269 g/mol. The fourth-order valence-electron chi connectivity index (χ4n) is 3.20. The van der Waals surface area contributed by atoms with E-state index in [1.807, 2.05) is 0 Å². The van der Waals surface area contributed by atoms with Gasteiger partial charge in [0.2, 0.25) is 0 Å². The lowest BCUT2D eigenvalue weighted by atomic mass is 10.0. The third-order valence-corrected chi connectivity index (χ3v) is 4.60. The average Bonchev–Trinajstić information content (AvgIpc) is 2.89. The van der Waals surface area contributed by atoms with Gasteiger partial charge < -0.3 is 10.5 Å². The third kappa shape index (κ3) is 3.91. The molecule has 0 aromatic rings. The van der Waals surface area contributed by atoms with Crippen LogP contribution in [-0.4, -0.2) is 67.2 Å². The molecule has 5 nitrogen and oxygen atoms in total. The first kappa shape index (κ1) is 14.8. The van der Waals surface area contributed by atoms with Crippen LogP contribution in [0.4, 0.5) is 0 Å². The number of esters is 1. The van der Waals surface area contributed by atoms with Crippen LogP contribution in [0.15, 0.2) is 0 Å². The highest BCUT2D eigenvalue weighted by molar-refractivity contribution is 5.69. The van der Waals surface area contributed by atoms with Gasteiger partial charge in [-0.2, -0.15) is 0 Å². The van der Waals surface area contributed by atoms with Gasteiger partial charge in [-0.25, -0.2) is 0 Å². The summed E-state index contributed by atoms with van der Waals surface area (Å²) in [7, 11) is 1.46. The van der Waals surface area contributed by atoms with E-state index in [1.165, 1.54) is 13.5 Å². The van der Waals surface area contributed by atoms with E-state index in [2.05, 4.69) is 16.7 Å². The standard InChI is InChI=1S/C14H27N3O2/c1-11(9-14(18)19-2)17-8-5-13(10-17)16-6-3-12(15)4-7-16/h11-13H,3-10,15H2,1-2H3. The van der Waals surface area contributed by atoms with Gasteiger partial charge in [0.15, 0.2) is 0 Å². The zero-order valence-electron chi connectivity index (χ0n) is 12.2. The molecule has 0 spiro atoms. The molecule has 2 fully saturated rings. The Morgan fingerprint density at radius 2 is 2.00 bits per heavy atom. The maximum atomic E-state index is 11.3. The Morgan fingerprint density at radius 1 is 1.32 bits per heavy atom. The normalized spacial score (nSPS) is 28.5. The molecule has 5 heteroatoms. The molecule has 0 aliphatic carbocycles. The Labute approximate surface area is 116 Å². The van der Waals surface area contributed by atoms with Crippen LogP contribution in [0.2, 0.25) is 0 Å². The van der Waals surface area contributed by atoms with Gasteiger partial charge in [-0.05, 0) is 39.3 Å². The second-order valence-corrected chi connectivity index (χ2v) is 5.94. The highest BCUT2D eigenvalue weighted by Crippen LogP contribution is 2.22. The van der Waals surface area contributed by atoms with Gasteiger partial charge in [0, 0.05) is 31.2 Å². The number of hydrogen-bond donors (Lipinski definition) is 1. The number of rotatable bonds is 4. The zero-order valence-corrected chi connectivity index (χ0v) is 12.2. The molecule has 2 N–H and O–H groups in total. The number of piperidine rings is 1. The molecule has 0 bridgehead atoms. The number of carbonyl (C=O) groups excluding carboxylic acids is 1.